The number of anilines is 1. The lowest BCUT2D eigenvalue weighted by molar-refractivity contribution is -0.117. The van der Waals surface area contributed by atoms with Crippen LogP contribution in [0.1, 0.15) is 13.8 Å². The van der Waals surface area contributed by atoms with Crippen LogP contribution in [0.2, 0.25) is 0 Å². The Morgan fingerprint density at radius 1 is 1.41 bits per heavy atom. The summed E-state index contributed by atoms with van der Waals surface area (Å²) in [6.45, 7) is 3.88. The SMILES string of the molecule is CCOC1=NN(c2ccc(Br)cc2)C(=O)C1(Br)/C(C)=N/OC. The molecule has 8 heteroatoms. The number of alkyl halides is 1. The number of hydrogen-bond donors (Lipinski definition) is 0. The monoisotopic (exact) mass is 431 g/mol. The molecule has 2 rings (SSSR count). The van der Waals surface area contributed by atoms with Crippen molar-refractivity contribution in [3.05, 3.63) is 28.7 Å². The second kappa shape index (κ2) is 6.78. The zero-order valence-corrected chi connectivity index (χ0v) is 15.5. The van der Waals surface area contributed by atoms with E-state index in [-0.39, 0.29) is 11.8 Å². The summed E-state index contributed by atoms with van der Waals surface area (Å²) in [5.41, 5.74) is 1.05. The maximum atomic E-state index is 12.9. The van der Waals surface area contributed by atoms with Crippen LogP contribution < -0.4 is 5.01 Å². The van der Waals surface area contributed by atoms with Crippen LogP contribution in [0.5, 0.6) is 0 Å². The van der Waals surface area contributed by atoms with Crippen LogP contribution in [0.3, 0.4) is 0 Å². The number of amides is 1. The lowest BCUT2D eigenvalue weighted by Crippen LogP contribution is -2.47. The Balaban J connectivity index is 2.46. The molecule has 1 aliphatic rings. The predicted molar refractivity (Wildman–Crippen MR) is 92.5 cm³/mol. The average Bonchev–Trinajstić information content (AvgIpc) is 2.75. The van der Waals surface area contributed by atoms with E-state index in [1.54, 1.807) is 19.1 Å². The molecule has 0 aromatic heterocycles. The van der Waals surface area contributed by atoms with Crippen LogP contribution in [0.15, 0.2) is 39.0 Å². The Labute approximate surface area is 145 Å². The van der Waals surface area contributed by atoms with E-state index < -0.39 is 4.32 Å². The first kappa shape index (κ1) is 17.0. The molecule has 1 aromatic carbocycles. The molecule has 0 saturated heterocycles. The van der Waals surface area contributed by atoms with Crippen molar-refractivity contribution in [2.75, 3.05) is 18.7 Å². The number of benzene rings is 1. The van der Waals surface area contributed by atoms with Gasteiger partial charge < -0.3 is 9.57 Å². The molecule has 1 heterocycles. The molecule has 1 unspecified atom stereocenters. The van der Waals surface area contributed by atoms with Gasteiger partial charge in [0.05, 0.1) is 18.0 Å². The predicted octanol–water partition coefficient (Wildman–Crippen LogP) is 3.30. The lowest BCUT2D eigenvalue weighted by Gasteiger charge is -2.21. The summed E-state index contributed by atoms with van der Waals surface area (Å²) in [5.74, 6) is -0.0715. The third kappa shape index (κ3) is 2.89. The Hall–Kier alpha value is -1.41. The van der Waals surface area contributed by atoms with Crippen molar-refractivity contribution >= 4 is 55.1 Å². The van der Waals surface area contributed by atoms with Gasteiger partial charge in [0, 0.05) is 4.47 Å². The van der Waals surface area contributed by atoms with Gasteiger partial charge in [-0.15, -0.1) is 5.10 Å². The minimum absolute atomic E-state index is 0.237. The summed E-state index contributed by atoms with van der Waals surface area (Å²) < 4.78 is 5.18. The molecular formula is C14H15Br2N3O3. The summed E-state index contributed by atoms with van der Waals surface area (Å²) in [6, 6.07) is 7.25. The summed E-state index contributed by atoms with van der Waals surface area (Å²) in [5, 5.41) is 9.44. The van der Waals surface area contributed by atoms with Gasteiger partial charge >= 0.3 is 0 Å². The molecule has 1 aromatic rings. The van der Waals surface area contributed by atoms with E-state index >= 15 is 0 Å². The summed E-state index contributed by atoms with van der Waals surface area (Å²) in [4.78, 5) is 17.6. The Morgan fingerprint density at radius 2 is 2.05 bits per heavy atom. The highest BCUT2D eigenvalue weighted by Crippen LogP contribution is 2.35. The maximum absolute atomic E-state index is 12.9. The summed E-state index contributed by atoms with van der Waals surface area (Å²) in [7, 11) is 1.42. The molecule has 0 fully saturated rings. The fraction of sp³-hybridized carbons (Fsp3) is 0.357. The molecule has 6 nitrogen and oxygen atoms in total. The first-order valence-electron chi connectivity index (χ1n) is 6.54. The Morgan fingerprint density at radius 3 is 2.59 bits per heavy atom. The van der Waals surface area contributed by atoms with Crippen LogP contribution in [0.4, 0.5) is 5.69 Å². The van der Waals surface area contributed by atoms with Crippen molar-refractivity contribution in [1.29, 1.82) is 0 Å². The van der Waals surface area contributed by atoms with E-state index in [9.17, 15) is 4.79 Å². The summed E-state index contributed by atoms with van der Waals surface area (Å²) >= 11 is 6.79. The van der Waals surface area contributed by atoms with E-state index in [2.05, 4.69) is 42.1 Å². The Kier molecular flexibility index (Phi) is 5.23. The van der Waals surface area contributed by atoms with Gasteiger partial charge in [0.25, 0.3) is 5.91 Å². The van der Waals surface area contributed by atoms with Crippen LogP contribution in [-0.4, -0.2) is 35.6 Å². The first-order chi connectivity index (χ1) is 10.4. The van der Waals surface area contributed by atoms with Crippen molar-refractivity contribution in [2.45, 2.75) is 18.2 Å². The van der Waals surface area contributed by atoms with Crippen molar-refractivity contribution in [2.24, 2.45) is 10.3 Å². The van der Waals surface area contributed by atoms with Crippen LogP contribution >= 0.6 is 31.9 Å². The highest BCUT2D eigenvalue weighted by molar-refractivity contribution is 9.11. The minimum atomic E-state index is -1.26. The van der Waals surface area contributed by atoms with Crippen molar-refractivity contribution < 1.29 is 14.4 Å². The standard InChI is InChI=1S/C14H15Br2N3O3/c1-4-22-12-14(16,9(2)18-21-3)13(20)19(17-12)11-7-5-10(15)6-8-11/h5-8H,4H2,1-3H3/b18-9+. The molecule has 1 atom stereocenters. The molecule has 1 aliphatic heterocycles. The third-order valence-corrected chi connectivity index (χ3v) is 4.83. The fourth-order valence-corrected chi connectivity index (χ4v) is 2.67. The number of oxime groups is 1. The number of ether oxygens (including phenoxy) is 1. The topological polar surface area (TPSA) is 63.5 Å². The highest BCUT2D eigenvalue weighted by atomic mass is 79.9. The lowest BCUT2D eigenvalue weighted by atomic mass is 10.0. The van der Waals surface area contributed by atoms with Gasteiger partial charge in [-0.25, -0.2) is 0 Å². The highest BCUT2D eigenvalue weighted by Gasteiger charge is 2.54. The normalized spacial score (nSPS) is 21.9. The second-order valence-electron chi connectivity index (χ2n) is 4.45. The number of carbonyl (C=O) groups is 1. The molecule has 0 radical (unpaired) electrons. The van der Waals surface area contributed by atoms with Crippen molar-refractivity contribution in [3.63, 3.8) is 0 Å². The van der Waals surface area contributed by atoms with E-state index in [0.717, 1.165) is 4.47 Å². The number of carbonyl (C=O) groups excluding carboxylic acids is 1. The largest absolute Gasteiger partial charge is 0.478 e. The quantitative estimate of drug-likeness (QED) is 0.416. The Bertz CT molecular complexity index is 631. The van der Waals surface area contributed by atoms with Crippen molar-refractivity contribution in [3.8, 4) is 0 Å². The molecule has 22 heavy (non-hydrogen) atoms. The smallest absolute Gasteiger partial charge is 0.279 e. The summed E-state index contributed by atoms with van der Waals surface area (Å²) in [6.07, 6.45) is 0. The van der Waals surface area contributed by atoms with Gasteiger partial charge in [0.1, 0.15) is 7.11 Å². The van der Waals surface area contributed by atoms with Crippen LogP contribution in [0, 0.1) is 0 Å². The number of rotatable bonds is 4. The van der Waals surface area contributed by atoms with Gasteiger partial charge in [-0.3, -0.25) is 4.79 Å². The molecule has 1 amide bonds. The number of hydrogen-bond acceptors (Lipinski definition) is 5. The number of halogens is 2. The van der Waals surface area contributed by atoms with Gasteiger partial charge in [0.2, 0.25) is 10.2 Å². The third-order valence-electron chi connectivity index (χ3n) is 3.05. The van der Waals surface area contributed by atoms with Gasteiger partial charge in [0.15, 0.2) is 0 Å². The molecule has 0 spiro atoms. The van der Waals surface area contributed by atoms with Gasteiger partial charge in [-0.1, -0.05) is 37.0 Å². The first-order valence-corrected chi connectivity index (χ1v) is 8.12. The van der Waals surface area contributed by atoms with E-state index in [4.69, 9.17) is 9.57 Å². The van der Waals surface area contributed by atoms with E-state index in [1.165, 1.54) is 12.1 Å². The van der Waals surface area contributed by atoms with Gasteiger partial charge in [-0.2, -0.15) is 5.01 Å². The second-order valence-corrected chi connectivity index (χ2v) is 6.55. The zero-order valence-electron chi connectivity index (χ0n) is 12.3. The van der Waals surface area contributed by atoms with E-state index in [1.807, 2.05) is 19.1 Å². The fourth-order valence-electron chi connectivity index (χ4n) is 1.97. The maximum Gasteiger partial charge on any atom is 0.279 e. The number of hydrazone groups is 1. The molecule has 0 saturated carbocycles. The molecule has 0 aliphatic carbocycles. The van der Waals surface area contributed by atoms with E-state index in [0.29, 0.717) is 18.0 Å². The zero-order chi connectivity index (χ0) is 16.3. The minimum Gasteiger partial charge on any atom is -0.478 e. The average molecular weight is 433 g/mol. The molecule has 0 N–H and O–H groups in total. The molecule has 118 valence electrons. The van der Waals surface area contributed by atoms with Gasteiger partial charge in [-0.05, 0) is 38.1 Å². The van der Waals surface area contributed by atoms with Crippen LogP contribution in [0.25, 0.3) is 0 Å². The number of nitrogens with zero attached hydrogens (tertiary/aromatic N) is 3. The molecular weight excluding hydrogens is 418 g/mol. The van der Waals surface area contributed by atoms with Crippen molar-refractivity contribution in [1.82, 2.24) is 0 Å². The van der Waals surface area contributed by atoms with Crippen LogP contribution in [-0.2, 0) is 14.4 Å². The molecule has 0 bridgehead atoms.